The SMILES string of the molecule is CC(C)OC(=O)c1cc(C(C)NSC(C)(C)C)c2nc(N3CCOCC3)cc(=O)n2c1. The van der Waals surface area contributed by atoms with E-state index < -0.39 is 5.97 Å². The molecule has 1 unspecified atom stereocenters. The fraction of sp³-hybridized carbons (Fsp3) is 0.591. The normalized spacial score (nSPS) is 16.0. The number of carbonyl (C=O) groups is 1. The molecule has 170 valence electrons. The molecule has 2 aromatic rings. The van der Waals surface area contributed by atoms with Crippen molar-refractivity contribution in [1.82, 2.24) is 14.1 Å². The second-order valence-electron chi connectivity index (χ2n) is 8.94. The van der Waals surface area contributed by atoms with Crippen molar-refractivity contribution < 1.29 is 14.3 Å². The summed E-state index contributed by atoms with van der Waals surface area (Å²) in [6.07, 6.45) is 1.27. The summed E-state index contributed by atoms with van der Waals surface area (Å²) < 4.78 is 15.7. The number of anilines is 1. The molecular weight excluding hydrogens is 416 g/mol. The monoisotopic (exact) mass is 448 g/mol. The summed E-state index contributed by atoms with van der Waals surface area (Å²) >= 11 is 1.60. The van der Waals surface area contributed by atoms with Gasteiger partial charge >= 0.3 is 5.97 Å². The summed E-state index contributed by atoms with van der Waals surface area (Å²) in [7, 11) is 0. The van der Waals surface area contributed by atoms with Crippen LogP contribution < -0.4 is 15.2 Å². The number of aromatic nitrogens is 2. The second kappa shape index (κ2) is 9.58. The Morgan fingerprint density at radius 2 is 1.90 bits per heavy atom. The smallest absolute Gasteiger partial charge is 0.339 e. The minimum atomic E-state index is -0.460. The van der Waals surface area contributed by atoms with E-state index in [2.05, 4.69) is 30.4 Å². The van der Waals surface area contributed by atoms with E-state index in [9.17, 15) is 9.59 Å². The highest BCUT2D eigenvalue weighted by Gasteiger charge is 2.22. The average molecular weight is 449 g/mol. The molecule has 8 nitrogen and oxygen atoms in total. The quantitative estimate of drug-likeness (QED) is 0.533. The first-order chi connectivity index (χ1) is 14.5. The maximum atomic E-state index is 13.0. The number of carbonyl (C=O) groups excluding carboxylic acids is 1. The Morgan fingerprint density at radius 1 is 1.23 bits per heavy atom. The molecule has 0 aromatic carbocycles. The Morgan fingerprint density at radius 3 is 2.52 bits per heavy atom. The van der Waals surface area contributed by atoms with Crippen molar-refractivity contribution in [3.05, 3.63) is 39.8 Å². The second-order valence-corrected chi connectivity index (χ2v) is 10.6. The molecule has 31 heavy (non-hydrogen) atoms. The molecular formula is C22H32N4O4S. The van der Waals surface area contributed by atoms with Gasteiger partial charge in [-0.15, -0.1) is 0 Å². The van der Waals surface area contributed by atoms with E-state index in [0.29, 0.717) is 43.3 Å². The predicted octanol–water partition coefficient (Wildman–Crippen LogP) is 3.19. The van der Waals surface area contributed by atoms with E-state index in [1.54, 1.807) is 31.9 Å². The number of nitrogens with one attached hydrogen (secondary N) is 1. The van der Waals surface area contributed by atoms with Gasteiger partial charge in [0, 0.05) is 41.7 Å². The Hall–Kier alpha value is -2.10. The summed E-state index contributed by atoms with van der Waals surface area (Å²) in [6.45, 7) is 14.5. The zero-order valence-electron chi connectivity index (χ0n) is 19.1. The molecule has 9 heteroatoms. The first-order valence-electron chi connectivity index (χ1n) is 10.6. The largest absolute Gasteiger partial charge is 0.459 e. The Labute approximate surface area is 187 Å². The van der Waals surface area contributed by atoms with Gasteiger partial charge in [-0.05, 0) is 47.6 Å². The first kappa shape index (κ1) is 23.6. The summed E-state index contributed by atoms with van der Waals surface area (Å²) in [5.74, 6) is 0.167. The molecule has 0 amide bonds. The molecule has 0 aliphatic carbocycles. The van der Waals surface area contributed by atoms with Crippen LogP contribution in [0.5, 0.6) is 0 Å². The Balaban J connectivity index is 2.10. The van der Waals surface area contributed by atoms with Crippen molar-refractivity contribution in [1.29, 1.82) is 0 Å². The third-order valence-electron chi connectivity index (χ3n) is 4.70. The van der Waals surface area contributed by atoms with Gasteiger partial charge in [-0.2, -0.15) is 0 Å². The third kappa shape index (κ3) is 5.99. The number of fused-ring (bicyclic) bond motifs is 1. The van der Waals surface area contributed by atoms with Crippen LogP contribution in [0.4, 0.5) is 5.82 Å². The van der Waals surface area contributed by atoms with E-state index in [1.807, 2.05) is 6.92 Å². The molecule has 0 saturated carbocycles. The Kier molecular flexibility index (Phi) is 7.28. The van der Waals surface area contributed by atoms with E-state index in [1.165, 1.54) is 16.7 Å². The lowest BCUT2D eigenvalue weighted by Crippen LogP contribution is -2.37. The molecule has 1 aliphatic rings. The minimum Gasteiger partial charge on any atom is -0.459 e. The van der Waals surface area contributed by atoms with Crippen LogP contribution >= 0.6 is 11.9 Å². The van der Waals surface area contributed by atoms with Crippen LogP contribution in [-0.2, 0) is 9.47 Å². The van der Waals surface area contributed by atoms with Gasteiger partial charge in [0.1, 0.15) is 11.5 Å². The molecule has 1 aliphatic heterocycles. The number of pyridine rings is 1. The maximum absolute atomic E-state index is 13.0. The zero-order chi connectivity index (χ0) is 22.8. The lowest BCUT2D eigenvalue weighted by molar-refractivity contribution is 0.0377. The molecule has 0 radical (unpaired) electrons. The molecule has 1 saturated heterocycles. The van der Waals surface area contributed by atoms with Gasteiger partial charge in [-0.1, -0.05) is 11.9 Å². The van der Waals surface area contributed by atoms with Crippen LogP contribution in [0.2, 0.25) is 0 Å². The summed E-state index contributed by atoms with van der Waals surface area (Å²) in [4.78, 5) is 32.5. The van der Waals surface area contributed by atoms with Gasteiger partial charge in [0.05, 0.1) is 24.9 Å². The van der Waals surface area contributed by atoms with Crippen molar-refractivity contribution in [3.8, 4) is 0 Å². The molecule has 3 rings (SSSR count). The summed E-state index contributed by atoms with van der Waals surface area (Å²) in [5.41, 5.74) is 1.39. The topological polar surface area (TPSA) is 85.2 Å². The van der Waals surface area contributed by atoms with Gasteiger partial charge in [-0.25, -0.2) is 9.78 Å². The van der Waals surface area contributed by atoms with Crippen molar-refractivity contribution >= 4 is 29.4 Å². The fourth-order valence-corrected chi connectivity index (χ4v) is 3.87. The van der Waals surface area contributed by atoms with Crippen molar-refractivity contribution in [2.24, 2.45) is 0 Å². The molecule has 3 heterocycles. The highest BCUT2D eigenvalue weighted by Crippen LogP contribution is 2.27. The van der Waals surface area contributed by atoms with E-state index in [4.69, 9.17) is 14.5 Å². The molecule has 2 aromatic heterocycles. The summed E-state index contributed by atoms with van der Waals surface area (Å²) in [5, 5.41) is 0. The van der Waals surface area contributed by atoms with Crippen LogP contribution in [0.15, 0.2) is 23.1 Å². The third-order valence-corrected chi connectivity index (χ3v) is 5.78. The molecule has 0 spiro atoms. The highest BCUT2D eigenvalue weighted by molar-refractivity contribution is 7.98. The number of esters is 1. The van der Waals surface area contributed by atoms with Crippen molar-refractivity contribution in [2.75, 3.05) is 31.2 Å². The maximum Gasteiger partial charge on any atom is 0.339 e. The number of morpholine rings is 1. The lowest BCUT2D eigenvalue weighted by Gasteiger charge is -2.28. The summed E-state index contributed by atoms with van der Waals surface area (Å²) in [6, 6.07) is 3.14. The van der Waals surface area contributed by atoms with Gasteiger partial charge in [0.2, 0.25) is 0 Å². The van der Waals surface area contributed by atoms with Gasteiger partial charge in [0.15, 0.2) is 0 Å². The van der Waals surface area contributed by atoms with Gasteiger partial charge in [-0.3, -0.25) is 13.9 Å². The van der Waals surface area contributed by atoms with Crippen LogP contribution in [0.3, 0.4) is 0 Å². The minimum absolute atomic E-state index is 0.00146. The van der Waals surface area contributed by atoms with E-state index in [0.717, 1.165) is 5.56 Å². The Bertz CT molecular complexity index is 993. The number of rotatable bonds is 6. The first-order valence-corrected chi connectivity index (χ1v) is 11.4. The molecule has 0 bridgehead atoms. The van der Waals surface area contributed by atoms with Crippen molar-refractivity contribution in [2.45, 2.75) is 58.4 Å². The fourth-order valence-electron chi connectivity index (χ4n) is 3.21. The number of hydrogen-bond acceptors (Lipinski definition) is 8. The standard InChI is InChI=1S/C22H32N4O4S/c1-14(2)30-21(28)16-11-17(15(3)24-31-22(4,5)6)20-23-18(12-19(27)26(20)13-16)25-7-9-29-10-8-25/h11-15,24H,7-10H2,1-6H3. The van der Waals surface area contributed by atoms with Crippen LogP contribution in [0.25, 0.3) is 5.65 Å². The zero-order valence-corrected chi connectivity index (χ0v) is 19.9. The molecule has 1 atom stereocenters. The number of hydrogen-bond donors (Lipinski definition) is 1. The number of nitrogens with zero attached hydrogens (tertiary/aromatic N) is 3. The molecule has 1 N–H and O–H groups in total. The van der Waals surface area contributed by atoms with E-state index in [-0.39, 0.29) is 22.5 Å². The van der Waals surface area contributed by atoms with Crippen molar-refractivity contribution in [3.63, 3.8) is 0 Å². The van der Waals surface area contributed by atoms with Crippen LogP contribution in [0.1, 0.15) is 63.5 Å². The van der Waals surface area contributed by atoms with Crippen LogP contribution in [0, 0.1) is 0 Å². The van der Waals surface area contributed by atoms with Crippen LogP contribution in [-0.4, -0.2) is 52.5 Å². The highest BCUT2D eigenvalue weighted by atomic mass is 32.2. The van der Waals surface area contributed by atoms with E-state index >= 15 is 0 Å². The predicted molar refractivity (Wildman–Crippen MR) is 124 cm³/mol. The number of ether oxygens (including phenoxy) is 2. The van der Waals surface area contributed by atoms with Gasteiger partial charge < -0.3 is 14.4 Å². The lowest BCUT2D eigenvalue weighted by atomic mass is 10.1. The van der Waals surface area contributed by atoms with Gasteiger partial charge in [0.25, 0.3) is 5.56 Å². The average Bonchev–Trinajstić information content (AvgIpc) is 2.71. The molecule has 1 fully saturated rings.